The Morgan fingerprint density at radius 3 is 2.70 bits per heavy atom. The van der Waals surface area contributed by atoms with Gasteiger partial charge >= 0.3 is 0 Å². The van der Waals surface area contributed by atoms with Crippen LogP contribution in [0.3, 0.4) is 0 Å². The summed E-state index contributed by atoms with van der Waals surface area (Å²) < 4.78 is 8.14. The molecule has 0 spiro atoms. The van der Waals surface area contributed by atoms with Gasteiger partial charge in [-0.2, -0.15) is 5.10 Å². The number of ether oxygens (including phenoxy) is 1. The van der Waals surface area contributed by atoms with Gasteiger partial charge in [0.05, 0.1) is 24.4 Å². The fraction of sp³-hybridized carbons (Fsp3) is 0.812. The summed E-state index contributed by atoms with van der Waals surface area (Å²) in [6.45, 7) is 14.8. The largest absolute Gasteiger partial charge is 0.370 e. The molecule has 0 amide bonds. The van der Waals surface area contributed by atoms with Crippen LogP contribution in [0.15, 0.2) is 6.20 Å². The number of nitrogens with zero attached hydrogens (tertiary/aromatic N) is 2. The second-order valence-electron chi connectivity index (χ2n) is 7.58. The van der Waals surface area contributed by atoms with Crippen molar-refractivity contribution < 1.29 is 4.74 Å². The van der Waals surface area contributed by atoms with Crippen molar-refractivity contribution in [2.45, 2.75) is 84.7 Å². The first-order valence-electron chi connectivity index (χ1n) is 7.60. The van der Waals surface area contributed by atoms with Gasteiger partial charge in [0.25, 0.3) is 0 Å². The minimum Gasteiger partial charge on any atom is -0.370 e. The summed E-state index contributed by atoms with van der Waals surface area (Å²) in [6, 6.07) is 0. The lowest BCUT2D eigenvalue weighted by atomic mass is 10.1. The van der Waals surface area contributed by atoms with E-state index in [1.54, 1.807) is 0 Å². The van der Waals surface area contributed by atoms with Gasteiger partial charge in [0.2, 0.25) is 0 Å². The summed E-state index contributed by atoms with van der Waals surface area (Å²) in [5, 5.41) is 8.04. The molecule has 0 aliphatic carbocycles. The molecular formula is C16H29N3O. The third-order valence-corrected chi connectivity index (χ3v) is 3.94. The van der Waals surface area contributed by atoms with Gasteiger partial charge < -0.3 is 10.1 Å². The molecule has 1 unspecified atom stereocenters. The van der Waals surface area contributed by atoms with Crippen LogP contribution < -0.4 is 5.32 Å². The molecule has 2 heterocycles. The van der Waals surface area contributed by atoms with Crippen molar-refractivity contribution in [3.63, 3.8) is 0 Å². The average Bonchev–Trinajstić information content (AvgIpc) is 2.81. The Labute approximate surface area is 122 Å². The molecule has 1 atom stereocenters. The van der Waals surface area contributed by atoms with E-state index in [4.69, 9.17) is 4.74 Å². The highest BCUT2D eigenvalue weighted by molar-refractivity contribution is 5.16. The van der Waals surface area contributed by atoms with Crippen molar-refractivity contribution in [3.8, 4) is 0 Å². The molecule has 20 heavy (non-hydrogen) atoms. The molecule has 1 fully saturated rings. The zero-order valence-electron chi connectivity index (χ0n) is 13.8. The predicted molar refractivity (Wildman–Crippen MR) is 81.7 cm³/mol. The molecular weight excluding hydrogens is 250 g/mol. The molecule has 0 bridgehead atoms. The summed E-state index contributed by atoms with van der Waals surface area (Å²) in [4.78, 5) is 0. The Hall–Kier alpha value is -0.870. The molecule has 0 aromatic carbocycles. The van der Waals surface area contributed by atoms with Crippen LogP contribution in [-0.4, -0.2) is 27.0 Å². The monoisotopic (exact) mass is 279 g/mol. The van der Waals surface area contributed by atoms with Gasteiger partial charge in [0, 0.05) is 23.3 Å². The molecule has 1 aromatic rings. The lowest BCUT2D eigenvalue weighted by molar-refractivity contribution is -0.0232. The second kappa shape index (κ2) is 5.49. The fourth-order valence-corrected chi connectivity index (χ4v) is 2.60. The molecule has 0 radical (unpaired) electrons. The topological polar surface area (TPSA) is 39.1 Å². The van der Waals surface area contributed by atoms with E-state index in [2.05, 4.69) is 56.6 Å². The first kappa shape index (κ1) is 15.5. The van der Waals surface area contributed by atoms with E-state index in [9.17, 15) is 0 Å². The van der Waals surface area contributed by atoms with E-state index in [0.29, 0.717) is 6.10 Å². The summed E-state index contributed by atoms with van der Waals surface area (Å²) in [7, 11) is 0. The van der Waals surface area contributed by atoms with Gasteiger partial charge in [-0.25, -0.2) is 0 Å². The van der Waals surface area contributed by atoms with Crippen LogP contribution in [0.25, 0.3) is 0 Å². The van der Waals surface area contributed by atoms with Gasteiger partial charge in [-0.1, -0.05) is 0 Å². The number of hydrogen-bond acceptors (Lipinski definition) is 3. The lowest BCUT2D eigenvalue weighted by Crippen LogP contribution is -2.35. The van der Waals surface area contributed by atoms with Gasteiger partial charge in [0.1, 0.15) is 0 Å². The van der Waals surface area contributed by atoms with Crippen molar-refractivity contribution in [1.82, 2.24) is 15.1 Å². The first-order valence-corrected chi connectivity index (χ1v) is 7.60. The maximum absolute atomic E-state index is 6.05. The maximum atomic E-state index is 6.05. The van der Waals surface area contributed by atoms with E-state index < -0.39 is 0 Å². The lowest BCUT2D eigenvalue weighted by Gasteiger charge is -2.21. The molecule has 4 heteroatoms. The van der Waals surface area contributed by atoms with Crippen LogP contribution in [0.5, 0.6) is 0 Å². The van der Waals surface area contributed by atoms with Crippen LogP contribution in [0, 0.1) is 6.92 Å². The molecule has 4 nitrogen and oxygen atoms in total. The van der Waals surface area contributed by atoms with E-state index in [1.165, 1.54) is 11.3 Å². The van der Waals surface area contributed by atoms with E-state index in [1.807, 2.05) is 6.20 Å². The summed E-state index contributed by atoms with van der Waals surface area (Å²) in [5.74, 6) is 0. The van der Waals surface area contributed by atoms with Crippen molar-refractivity contribution >= 4 is 0 Å². The molecule has 1 aromatic heterocycles. The Morgan fingerprint density at radius 1 is 1.45 bits per heavy atom. The van der Waals surface area contributed by atoms with E-state index in [0.717, 1.165) is 25.9 Å². The van der Waals surface area contributed by atoms with Crippen LogP contribution in [0.2, 0.25) is 0 Å². The third-order valence-electron chi connectivity index (χ3n) is 3.94. The van der Waals surface area contributed by atoms with Crippen molar-refractivity contribution in [1.29, 1.82) is 0 Å². The standard InChI is InChI=1S/C16H29N3O/c1-12-13(9-17-15(2,3)4)10-18-19(12)11-14-7-8-16(5,6)20-14/h10,14,17H,7-9,11H2,1-6H3. The summed E-state index contributed by atoms with van der Waals surface area (Å²) >= 11 is 0. The van der Waals surface area contributed by atoms with Crippen molar-refractivity contribution in [3.05, 3.63) is 17.5 Å². The molecule has 1 aliphatic rings. The first-order chi connectivity index (χ1) is 9.16. The van der Waals surface area contributed by atoms with E-state index >= 15 is 0 Å². The number of rotatable bonds is 4. The van der Waals surface area contributed by atoms with Crippen LogP contribution in [0.1, 0.15) is 58.7 Å². The molecule has 2 rings (SSSR count). The minimum absolute atomic E-state index is 0.0301. The van der Waals surface area contributed by atoms with Crippen molar-refractivity contribution in [2.75, 3.05) is 0 Å². The molecule has 1 N–H and O–H groups in total. The minimum atomic E-state index is 0.0301. The average molecular weight is 279 g/mol. The Bertz CT molecular complexity index is 457. The van der Waals surface area contributed by atoms with E-state index in [-0.39, 0.29) is 11.1 Å². The number of hydrogen-bond donors (Lipinski definition) is 1. The Morgan fingerprint density at radius 2 is 2.15 bits per heavy atom. The van der Waals surface area contributed by atoms with Gasteiger partial charge in [0.15, 0.2) is 0 Å². The van der Waals surface area contributed by atoms with Gasteiger partial charge in [-0.05, 0) is 54.4 Å². The highest BCUT2D eigenvalue weighted by atomic mass is 16.5. The van der Waals surface area contributed by atoms with Crippen LogP contribution in [0.4, 0.5) is 0 Å². The third kappa shape index (κ3) is 4.06. The molecule has 114 valence electrons. The normalized spacial score (nSPS) is 22.4. The quantitative estimate of drug-likeness (QED) is 0.920. The molecule has 1 aliphatic heterocycles. The second-order valence-corrected chi connectivity index (χ2v) is 7.58. The molecule has 1 saturated heterocycles. The highest BCUT2D eigenvalue weighted by Gasteiger charge is 2.32. The smallest absolute Gasteiger partial charge is 0.0779 e. The Kier molecular flexibility index (Phi) is 4.26. The summed E-state index contributed by atoms with van der Waals surface area (Å²) in [5.41, 5.74) is 2.68. The van der Waals surface area contributed by atoms with Crippen LogP contribution in [-0.2, 0) is 17.8 Å². The fourth-order valence-electron chi connectivity index (χ4n) is 2.60. The highest BCUT2D eigenvalue weighted by Crippen LogP contribution is 2.30. The van der Waals surface area contributed by atoms with Gasteiger partial charge in [-0.3, -0.25) is 4.68 Å². The SMILES string of the molecule is Cc1c(CNC(C)(C)C)cnn1CC1CCC(C)(C)O1. The molecule has 0 saturated carbocycles. The predicted octanol–water partition coefficient (Wildman–Crippen LogP) is 3.04. The van der Waals surface area contributed by atoms with Crippen molar-refractivity contribution in [2.24, 2.45) is 0 Å². The zero-order valence-corrected chi connectivity index (χ0v) is 13.8. The Balaban J connectivity index is 1.95. The van der Waals surface area contributed by atoms with Gasteiger partial charge in [-0.15, -0.1) is 0 Å². The maximum Gasteiger partial charge on any atom is 0.0779 e. The number of aromatic nitrogens is 2. The zero-order chi connectivity index (χ0) is 15.0. The summed E-state index contributed by atoms with van der Waals surface area (Å²) in [6.07, 6.45) is 4.54. The number of nitrogens with one attached hydrogen (secondary N) is 1. The van der Waals surface area contributed by atoms with Crippen LogP contribution >= 0.6 is 0 Å².